The number of nitrogens with zero attached hydrogens (tertiary/aromatic N) is 2. The van der Waals surface area contributed by atoms with E-state index in [2.05, 4.69) is 28.4 Å². The molecule has 0 aliphatic heterocycles. The zero-order valence-corrected chi connectivity index (χ0v) is 13.6. The molecule has 0 aliphatic carbocycles. The van der Waals surface area contributed by atoms with Crippen molar-refractivity contribution in [3.63, 3.8) is 0 Å². The highest BCUT2D eigenvalue weighted by Crippen LogP contribution is 2.18. The average molecular weight is 310 g/mol. The summed E-state index contributed by atoms with van der Waals surface area (Å²) in [6.45, 7) is 5.48. The van der Waals surface area contributed by atoms with Crippen LogP contribution in [-0.2, 0) is 24.3 Å². The van der Waals surface area contributed by atoms with Crippen LogP contribution in [0.3, 0.4) is 0 Å². The van der Waals surface area contributed by atoms with Gasteiger partial charge in [0.2, 0.25) is 5.91 Å². The highest BCUT2D eigenvalue weighted by Gasteiger charge is 2.09. The van der Waals surface area contributed by atoms with Crippen LogP contribution in [0, 0.1) is 6.92 Å². The van der Waals surface area contributed by atoms with Crippen LogP contribution in [0.25, 0.3) is 10.9 Å². The summed E-state index contributed by atoms with van der Waals surface area (Å²) in [5, 5.41) is 8.47. The normalized spacial score (nSPS) is 11.0. The highest BCUT2D eigenvalue weighted by atomic mass is 16.1. The van der Waals surface area contributed by atoms with Gasteiger partial charge in [0.05, 0.1) is 6.20 Å². The molecule has 0 radical (unpaired) electrons. The van der Waals surface area contributed by atoms with Gasteiger partial charge < -0.3 is 10.3 Å². The highest BCUT2D eigenvalue weighted by molar-refractivity contribution is 5.84. The number of para-hydroxylation sites is 1. The third kappa shape index (κ3) is 3.28. The summed E-state index contributed by atoms with van der Waals surface area (Å²) >= 11 is 0. The molecule has 120 valence electrons. The minimum atomic E-state index is 0.0685. The van der Waals surface area contributed by atoms with Gasteiger partial charge in [0.25, 0.3) is 0 Å². The van der Waals surface area contributed by atoms with Crippen LogP contribution in [0.5, 0.6) is 0 Å². The number of fused-ring (bicyclic) bond motifs is 1. The third-order valence-electron chi connectivity index (χ3n) is 4.28. The Kier molecular flexibility index (Phi) is 4.46. The predicted molar refractivity (Wildman–Crippen MR) is 91.1 cm³/mol. The molecule has 0 saturated heterocycles. The second-order valence-electron chi connectivity index (χ2n) is 5.71. The predicted octanol–water partition coefficient (Wildman–Crippen LogP) is 2.94. The fourth-order valence-electron chi connectivity index (χ4n) is 2.85. The quantitative estimate of drug-likeness (QED) is 0.735. The number of amides is 1. The number of benzene rings is 1. The van der Waals surface area contributed by atoms with Crippen LogP contribution in [0.4, 0.5) is 0 Å². The van der Waals surface area contributed by atoms with Crippen LogP contribution in [0.2, 0.25) is 0 Å². The Labute approximate surface area is 135 Å². The fourth-order valence-corrected chi connectivity index (χ4v) is 2.85. The Hall–Kier alpha value is -2.56. The van der Waals surface area contributed by atoms with Crippen molar-refractivity contribution in [2.45, 2.75) is 39.8 Å². The summed E-state index contributed by atoms with van der Waals surface area (Å²) < 4.78 is 1.94. The SMILES string of the molecule is CCn1ncc(CNC(=O)CCc2c[nH]c3ccccc23)c1C. The number of nitrogens with one attached hydrogen (secondary N) is 2. The summed E-state index contributed by atoms with van der Waals surface area (Å²) in [6.07, 6.45) is 5.05. The molecule has 2 heterocycles. The van der Waals surface area contributed by atoms with Gasteiger partial charge in [-0.05, 0) is 31.9 Å². The van der Waals surface area contributed by atoms with E-state index in [1.807, 2.05) is 42.2 Å². The minimum absolute atomic E-state index is 0.0685. The van der Waals surface area contributed by atoms with Crippen molar-refractivity contribution in [2.75, 3.05) is 0 Å². The van der Waals surface area contributed by atoms with Crippen molar-refractivity contribution in [3.8, 4) is 0 Å². The molecule has 0 spiro atoms. The maximum atomic E-state index is 12.1. The Morgan fingerprint density at radius 1 is 1.30 bits per heavy atom. The van der Waals surface area contributed by atoms with Crippen LogP contribution in [0.1, 0.15) is 30.2 Å². The van der Waals surface area contributed by atoms with Gasteiger partial charge in [-0.3, -0.25) is 9.48 Å². The first-order valence-electron chi connectivity index (χ1n) is 8.02. The van der Waals surface area contributed by atoms with Gasteiger partial charge in [0, 0.05) is 47.9 Å². The van der Waals surface area contributed by atoms with Gasteiger partial charge >= 0.3 is 0 Å². The number of hydrogen-bond acceptors (Lipinski definition) is 2. The molecular formula is C18H22N4O. The third-order valence-corrected chi connectivity index (χ3v) is 4.28. The van der Waals surface area contributed by atoms with Crippen LogP contribution in [0.15, 0.2) is 36.7 Å². The van der Waals surface area contributed by atoms with Crippen LogP contribution in [-0.4, -0.2) is 20.7 Å². The topological polar surface area (TPSA) is 62.7 Å². The summed E-state index contributed by atoms with van der Waals surface area (Å²) in [7, 11) is 0. The molecule has 0 saturated carbocycles. The van der Waals surface area contributed by atoms with Gasteiger partial charge in [-0.15, -0.1) is 0 Å². The molecule has 1 aromatic carbocycles. The number of rotatable bonds is 6. The van der Waals surface area contributed by atoms with Crippen LogP contribution < -0.4 is 5.32 Å². The Morgan fingerprint density at radius 2 is 2.13 bits per heavy atom. The lowest BCUT2D eigenvalue weighted by molar-refractivity contribution is -0.121. The molecule has 1 amide bonds. The molecule has 5 heteroatoms. The van der Waals surface area contributed by atoms with Gasteiger partial charge in [-0.2, -0.15) is 5.10 Å². The van der Waals surface area contributed by atoms with E-state index in [0.29, 0.717) is 13.0 Å². The van der Waals surface area contributed by atoms with Crippen LogP contribution >= 0.6 is 0 Å². The zero-order valence-electron chi connectivity index (χ0n) is 13.6. The molecule has 0 fully saturated rings. The fraction of sp³-hybridized carbons (Fsp3) is 0.333. The molecule has 0 atom stereocenters. The largest absolute Gasteiger partial charge is 0.361 e. The second kappa shape index (κ2) is 6.69. The van der Waals surface area contributed by atoms with E-state index in [-0.39, 0.29) is 5.91 Å². The lowest BCUT2D eigenvalue weighted by Gasteiger charge is -2.05. The van der Waals surface area contributed by atoms with E-state index < -0.39 is 0 Å². The molecule has 0 bridgehead atoms. The van der Waals surface area contributed by atoms with E-state index in [0.717, 1.165) is 29.7 Å². The summed E-state index contributed by atoms with van der Waals surface area (Å²) in [6, 6.07) is 8.16. The van der Waals surface area contributed by atoms with E-state index >= 15 is 0 Å². The lowest BCUT2D eigenvalue weighted by Crippen LogP contribution is -2.23. The van der Waals surface area contributed by atoms with Gasteiger partial charge in [0.15, 0.2) is 0 Å². The van der Waals surface area contributed by atoms with Crippen molar-refractivity contribution < 1.29 is 4.79 Å². The number of carbonyl (C=O) groups is 1. The minimum Gasteiger partial charge on any atom is -0.361 e. The van der Waals surface area contributed by atoms with Gasteiger partial charge in [-0.1, -0.05) is 18.2 Å². The van der Waals surface area contributed by atoms with Gasteiger partial charge in [0.1, 0.15) is 0 Å². The average Bonchev–Trinajstić information content (AvgIpc) is 3.14. The van der Waals surface area contributed by atoms with E-state index in [4.69, 9.17) is 0 Å². The molecule has 2 N–H and O–H groups in total. The Balaban J connectivity index is 1.54. The summed E-state index contributed by atoms with van der Waals surface area (Å²) in [5.41, 5.74) is 4.49. The number of hydrogen-bond donors (Lipinski definition) is 2. The van der Waals surface area contributed by atoms with Crippen molar-refractivity contribution in [2.24, 2.45) is 0 Å². The number of carbonyl (C=O) groups excluding carboxylic acids is 1. The molecule has 5 nitrogen and oxygen atoms in total. The number of aryl methyl sites for hydroxylation is 2. The molecule has 3 aromatic rings. The molecule has 0 aliphatic rings. The first-order valence-corrected chi connectivity index (χ1v) is 8.02. The Morgan fingerprint density at radius 3 is 2.91 bits per heavy atom. The number of H-pyrrole nitrogens is 1. The maximum absolute atomic E-state index is 12.1. The first-order chi connectivity index (χ1) is 11.2. The monoisotopic (exact) mass is 310 g/mol. The lowest BCUT2D eigenvalue weighted by atomic mass is 10.1. The van der Waals surface area contributed by atoms with Crippen molar-refractivity contribution >= 4 is 16.8 Å². The maximum Gasteiger partial charge on any atom is 0.220 e. The van der Waals surface area contributed by atoms with E-state index in [1.165, 1.54) is 10.9 Å². The van der Waals surface area contributed by atoms with Crippen molar-refractivity contribution in [3.05, 3.63) is 53.5 Å². The molecule has 3 rings (SSSR count). The smallest absolute Gasteiger partial charge is 0.220 e. The Bertz CT molecular complexity index is 815. The molecule has 23 heavy (non-hydrogen) atoms. The zero-order chi connectivity index (χ0) is 16.2. The number of aromatic nitrogens is 3. The van der Waals surface area contributed by atoms with Crippen molar-refractivity contribution in [1.82, 2.24) is 20.1 Å². The molecule has 2 aromatic heterocycles. The summed E-state index contributed by atoms with van der Waals surface area (Å²) in [5.74, 6) is 0.0685. The van der Waals surface area contributed by atoms with E-state index in [1.54, 1.807) is 0 Å². The first kappa shape index (κ1) is 15.3. The van der Waals surface area contributed by atoms with Crippen molar-refractivity contribution in [1.29, 1.82) is 0 Å². The molecular weight excluding hydrogens is 288 g/mol. The molecule has 0 unspecified atom stereocenters. The summed E-state index contributed by atoms with van der Waals surface area (Å²) in [4.78, 5) is 15.3. The number of aromatic amines is 1. The second-order valence-corrected chi connectivity index (χ2v) is 5.71. The van der Waals surface area contributed by atoms with Gasteiger partial charge in [-0.25, -0.2) is 0 Å². The standard InChI is InChI=1S/C18H22N4O/c1-3-22-13(2)15(12-21-22)11-20-18(23)9-8-14-10-19-17-7-5-4-6-16(14)17/h4-7,10,12,19H,3,8-9,11H2,1-2H3,(H,20,23). The van der Waals surface area contributed by atoms with E-state index in [9.17, 15) is 4.79 Å².